The Bertz CT molecular complexity index is 974. The van der Waals surface area contributed by atoms with E-state index in [2.05, 4.69) is 4.98 Å². The maximum absolute atomic E-state index is 13.5. The highest BCUT2D eigenvalue weighted by atomic mass is 35.5. The molecule has 28 heavy (non-hydrogen) atoms. The van der Waals surface area contributed by atoms with Crippen LogP contribution in [0, 0.1) is 5.92 Å². The molecule has 0 N–H and O–H groups in total. The minimum Gasteiger partial charge on any atom is -0.483 e. The van der Waals surface area contributed by atoms with Gasteiger partial charge in [0.05, 0.1) is 17.5 Å². The van der Waals surface area contributed by atoms with Crippen molar-refractivity contribution in [3.05, 3.63) is 57.8 Å². The number of Topliss-reactive ketones (excluding diaryl/α,β-unsaturated/α-hetero) is 1. The van der Waals surface area contributed by atoms with Gasteiger partial charge in [0.1, 0.15) is 6.10 Å². The molecule has 1 saturated carbocycles. The van der Waals surface area contributed by atoms with E-state index in [1.165, 1.54) is 11.3 Å². The van der Waals surface area contributed by atoms with Gasteiger partial charge in [0.25, 0.3) is 5.91 Å². The molecule has 1 aromatic carbocycles. The van der Waals surface area contributed by atoms with Gasteiger partial charge in [-0.1, -0.05) is 23.7 Å². The van der Waals surface area contributed by atoms with Crippen molar-refractivity contribution in [2.75, 3.05) is 4.90 Å². The number of ketones is 1. The van der Waals surface area contributed by atoms with Crippen molar-refractivity contribution < 1.29 is 14.3 Å². The minimum absolute atomic E-state index is 0.0380. The Morgan fingerprint density at radius 2 is 1.96 bits per heavy atom. The lowest BCUT2D eigenvalue weighted by Crippen LogP contribution is -2.41. The monoisotopic (exact) mass is 434 g/mol. The van der Waals surface area contributed by atoms with Gasteiger partial charge in [0.15, 0.2) is 16.7 Å². The second kappa shape index (κ2) is 6.87. The Balaban J connectivity index is 1.64. The van der Waals surface area contributed by atoms with Gasteiger partial charge >= 0.3 is 0 Å². The Morgan fingerprint density at radius 3 is 2.68 bits per heavy atom. The van der Waals surface area contributed by atoms with Gasteiger partial charge in [0.2, 0.25) is 0 Å². The van der Waals surface area contributed by atoms with Gasteiger partial charge in [-0.2, -0.15) is 0 Å². The predicted octanol–water partition coefficient (Wildman–Crippen LogP) is 4.51. The number of alkyl halides is 1. The molecule has 4 atom stereocenters. The standard InChI is InChI=1S/C20H16Cl2N2O3S/c21-11-3-1-10(2-4-11)16-15-17(25)13-9-12(22)5-6-14(13)27-18(15)19(26)24(16)20-23-7-8-28-20/h1-4,7-8,12-14,16H,5-6,9H2. The van der Waals surface area contributed by atoms with Crippen LogP contribution < -0.4 is 4.90 Å². The molecule has 2 aliphatic heterocycles. The molecule has 8 heteroatoms. The summed E-state index contributed by atoms with van der Waals surface area (Å²) in [7, 11) is 0. The Labute approximate surface area is 175 Å². The van der Waals surface area contributed by atoms with Crippen LogP contribution in [0.2, 0.25) is 5.02 Å². The average molecular weight is 435 g/mol. The zero-order chi connectivity index (χ0) is 19.4. The minimum atomic E-state index is -0.574. The average Bonchev–Trinajstić information content (AvgIpc) is 3.30. The molecule has 0 saturated heterocycles. The fraction of sp³-hybridized carbons (Fsp3) is 0.350. The van der Waals surface area contributed by atoms with Crippen LogP contribution in [0.3, 0.4) is 0 Å². The molecule has 3 heterocycles. The first-order valence-electron chi connectivity index (χ1n) is 9.12. The Morgan fingerprint density at radius 1 is 1.18 bits per heavy atom. The van der Waals surface area contributed by atoms with Crippen LogP contribution in [0.1, 0.15) is 30.9 Å². The van der Waals surface area contributed by atoms with Crippen LogP contribution in [0.4, 0.5) is 5.13 Å². The molecule has 1 amide bonds. The van der Waals surface area contributed by atoms with Crippen LogP contribution in [-0.4, -0.2) is 28.2 Å². The van der Waals surface area contributed by atoms with Crippen molar-refractivity contribution in [2.24, 2.45) is 5.92 Å². The summed E-state index contributed by atoms with van der Waals surface area (Å²) in [5.74, 6) is -0.503. The highest BCUT2D eigenvalue weighted by Gasteiger charge is 2.53. The van der Waals surface area contributed by atoms with Crippen molar-refractivity contribution in [2.45, 2.75) is 36.8 Å². The van der Waals surface area contributed by atoms with E-state index in [0.717, 1.165) is 12.0 Å². The highest BCUT2D eigenvalue weighted by Crippen LogP contribution is 2.49. The molecule has 0 radical (unpaired) electrons. The van der Waals surface area contributed by atoms with E-state index in [9.17, 15) is 9.59 Å². The third-order valence-electron chi connectivity index (χ3n) is 5.59. The van der Waals surface area contributed by atoms with Gasteiger partial charge in [-0.05, 0) is 37.0 Å². The molecule has 0 bridgehead atoms. The van der Waals surface area contributed by atoms with Gasteiger partial charge < -0.3 is 4.74 Å². The largest absolute Gasteiger partial charge is 0.483 e. The van der Waals surface area contributed by atoms with E-state index in [0.29, 0.717) is 28.6 Å². The molecule has 0 spiro atoms. The third-order valence-corrected chi connectivity index (χ3v) is 7.01. The number of carbonyl (C=O) groups is 2. The van der Waals surface area contributed by atoms with Gasteiger partial charge in [-0.25, -0.2) is 4.98 Å². The quantitative estimate of drug-likeness (QED) is 0.652. The summed E-state index contributed by atoms with van der Waals surface area (Å²) in [6.45, 7) is 0. The Hall–Kier alpha value is -1.89. The number of aromatic nitrogens is 1. The molecule has 5 rings (SSSR count). The molecule has 1 fully saturated rings. The summed E-state index contributed by atoms with van der Waals surface area (Å²) in [5.41, 5.74) is 1.21. The van der Waals surface area contributed by atoms with Crippen LogP contribution in [-0.2, 0) is 14.3 Å². The molecule has 144 valence electrons. The molecule has 1 aliphatic carbocycles. The molecular formula is C20H16Cl2N2O3S. The van der Waals surface area contributed by atoms with E-state index in [4.69, 9.17) is 27.9 Å². The second-order valence-corrected chi connectivity index (χ2v) is 9.15. The number of thiazole rings is 1. The first-order chi connectivity index (χ1) is 13.5. The van der Waals surface area contributed by atoms with Crippen molar-refractivity contribution >= 4 is 51.4 Å². The number of ether oxygens (including phenoxy) is 1. The van der Waals surface area contributed by atoms with Crippen LogP contribution in [0.15, 0.2) is 47.2 Å². The second-order valence-electron chi connectivity index (χ2n) is 7.22. The van der Waals surface area contributed by atoms with E-state index < -0.39 is 6.04 Å². The number of anilines is 1. The molecule has 1 aromatic heterocycles. The number of hydrogen-bond donors (Lipinski definition) is 0. The number of hydrogen-bond acceptors (Lipinski definition) is 5. The number of benzene rings is 1. The van der Waals surface area contributed by atoms with E-state index in [1.54, 1.807) is 28.6 Å². The smallest absolute Gasteiger partial charge is 0.296 e. The Kier molecular flexibility index (Phi) is 4.45. The number of halogens is 2. The summed E-state index contributed by atoms with van der Waals surface area (Å²) in [6.07, 6.45) is 3.39. The van der Waals surface area contributed by atoms with Gasteiger partial charge in [-0.15, -0.1) is 22.9 Å². The van der Waals surface area contributed by atoms with Crippen LogP contribution in [0.5, 0.6) is 0 Å². The summed E-state index contributed by atoms with van der Waals surface area (Å²) in [4.78, 5) is 32.6. The molecule has 2 aromatic rings. The molecule has 4 unspecified atom stereocenters. The molecular weight excluding hydrogens is 419 g/mol. The van der Waals surface area contributed by atoms with E-state index in [-0.39, 0.29) is 34.8 Å². The highest BCUT2D eigenvalue weighted by molar-refractivity contribution is 7.13. The number of amides is 1. The van der Waals surface area contributed by atoms with Crippen molar-refractivity contribution in [1.29, 1.82) is 0 Å². The number of fused-ring (bicyclic) bond motifs is 1. The lowest BCUT2D eigenvalue weighted by molar-refractivity contribution is -0.131. The van der Waals surface area contributed by atoms with Crippen LogP contribution in [0.25, 0.3) is 0 Å². The number of carbonyl (C=O) groups excluding carboxylic acids is 2. The predicted molar refractivity (Wildman–Crippen MR) is 108 cm³/mol. The van der Waals surface area contributed by atoms with Gasteiger partial charge in [0, 0.05) is 22.0 Å². The zero-order valence-corrected chi connectivity index (χ0v) is 17.0. The number of nitrogens with zero attached hydrogens (tertiary/aromatic N) is 2. The molecule has 3 aliphatic rings. The first-order valence-corrected chi connectivity index (χ1v) is 10.8. The van der Waals surface area contributed by atoms with E-state index in [1.807, 2.05) is 12.1 Å². The first kappa shape index (κ1) is 18.2. The topological polar surface area (TPSA) is 59.5 Å². The number of rotatable bonds is 2. The maximum atomic E-state index is 13.5. The SMILES string of the molecule is O=C1C2=C(OC3CCC(Cl)CC13)C(=O)N(c1nccs1)C2c1ccc(Cl)cc1. The van der Waals surface area contributed by atoms with Gasteiger partial charge in [-0.3, -0.25) is 14.5 Å². The van der Waals surface area contributed by atoms with Crippen molar-refractivity contribution in [3.8, 4) is 0 Å². The van der Waals surface area contributed by atoms with Crippen molar-refractivity contribution in [1.82, 2.24) is 4.98 Å². The van der Waals surface area contributed by atoms with Crippen molar-refractivity contribution in [3.63, 3.8) is 0 Å². The third kappa shape index (κ3) is 2.78. The molecule has 5 nitrogen and oxygen atoms in total. The van der Waals surface area contributed by atoms with Crippen LogP contribution >= 0.6 is 34.5 Å². The maximum Gasteiger partial charge on any atom is 0.296 e. The fourth-order valence-electron chi connectivity index (χ4n) is 4.31. The summed E-state index contributed by atoms with van der Waals surface area (Å²) >= 11 is 13.7. The normalized spacial score (nSPS) is 29.6. The summed E-state index contributed by atoms with van der Waals surface area (Å²) < 4.78 is 6.11. The van der Waals surface area contributed by atoms with E-state index >= 15 is 0 Å². The summed E-state index contributed by atoms with van der Waals surface area (Å²) in [5, 5.41) is 2.89. The zero-order valence-electron chi connectivity index (χ0n) is 14.7. The fourth-order valence-corrected chi connectivity index (χ4v) is 5.42. The summed E-state index contributed by atoms with van der Waals surface area (Å²) in [6, 6.07) is 6.61. The lowest BCUT2D eigenvalue weighted by atomic mass is 9.77. The lowest BCUT2D eigenvalue weighted by Gasteiger charge is -2.37.